The molecular formula is C15H14N2O2. The van der Waals surface area contributed by atoms with Crippen molar-refractivity contribution in [1.29, 1.82) is 0 Å². The number of anilines is 1. The van der Waals surface area contributed by atoms with Gasteiger partial charge < -0.3 is 10.1 Å². The van der Waals surface area contributed by atoms with Gasteiger partial charge in [-0.25, -0.2) is 0 Å². The van der Waals surface area contributed by atoms with E-state index in [1.54, 1.807) is 25.6 Å². The fourth-order valence-corrected chi connectivity index (χ4v) is 2.25. The molecule has 0 saturated carbocycles. The Labute approximate surface area is 111 Å². The molecule has 2 aromatic rings. The van der Waals surface area contributed by atoms with Crippen molar-refractivity contribution in [3.8, 4) is 5.75 Å². The molecule has 1 aliphatic rings. The molecule has 0 amide bonds. The van der Waals surface area contributed by atoms with Crippen LogP contribution in [0.25, 0.3) is 0 Å². The quantitative estimate of drug-likeness (QED) is 0.854. The van der Waals surface area contributed by atoms with Crippen molar-refractivity contribution in [3.63, 3.8) is 0 Å². The van der Waals surface area contributed by atoms with E-state index < -0.39 is 0 Å². The Kier molecular flexibility index (Phi) is 2.91. The van der Waals surface area contributed by atoms with Crippen molar-refractivity contribution in [1.82, 2.24) is 4.98 Å². The number of nitrogens with one attached hydrogen (secondary N) is 1. The molecule has 96 valence electrons. The standard InChI is InChI=1S/C15H14N2O2/c1-19-13-6-12(8-16-9-13)15(18)11-3-2-10-4-5-17-14(10)7-11/h2-3,6-9,17H,4-5H2,1H3. The van der Waals surface area contributed by atoms with Crippen LogP contribution in [0.1, 0.15) is 21.5 Å². The normalized spacial score (nSPS) is 12.7. The Morgan fingerprint density at radius 3 is 3.00 bits per heavy atom. The first-order valence-electron chi connectivity index (χ1n) is 6.18. The molecule has 1 aromatic heterocycles. The average Bonchev–Trinajstić information content (AvgIpc) is 2.94. The predicted octanol–water partition coefficient (Wildman–Crippen LogP) is 2.29. The Hall–Kier alpha value is -2.36. The minimum absolute atomic E-state index is 0.0390. The van der Waals surface area contributed by atoms with Gasteiger partial charge in [0, 0.05) is 29.6 Å². The van der Waals surface area contributed by atoms with Crippen molar-refractivity contribution in [2.45, 2.75) is 6.42 Å². The highest BCUT2D eigenvalue weighted by molar-refractivity contribution is 6.09. The summed E-state index contributed by atoms with van der Waals surface area (Å²) in [7, 11) is 1.56. The fourth-order valence-electron chi connectivity index (χ4n) is 2.25. The summed E-state index contributed by atoms with van der Waals surface area (Å²) in [6.45, 7) is 0.938. The average molecular weight is 254 g/mol. The number of ketones is 1. The second-order valence-corrected chi connectivity index (χ2v) is 4.49. The molecule has 0 fully saturated rings. The maximum atomic E-state index is 12.4. The number of fused-ring (bicyclic) bond motifs is 1. The molecular weight excluding hydrogens is 240 g/mol. The van der Waals surface area contributed by atoms with Crippen LogP contribution in [0.5, 0.6) is 5.75 Å². The van der Waals surface area contributed by atoms with Crippen LogP contribution in [0.4, 0.5) is 5.69 Å². The summed E-state index contributed by atoms with van der Waals surface area (Å²) in [6, 6.07) is 7.49. The lowest BCUT2D eigenvalue weighted by Crippen LogP contribution is -2.03. The number of hydrogen-bond acceptors (Lipinski definition) is 4. The number of benzene rings is 1. The van der Waals surface area contributed by atoms with E-state index in [1.807, 2.05) is 18.2 Å². The number of carbonyl (C=O) groups excluding carboxylic acids is 1. The number of rotatable bonds is 3. The molecule has 0 saturated heterocycles. The number of hydrogen-bond donors (Lipinski definition) is 1. The van der Waals surface area contributed by atoms with Gasteiger partial charge in [0.1, 0.15) is 5.75 Å². The van der Waals surface area contributed by atoms with E-state index in [-0.39, 0.29) is 5.78 Å². The van der Waals surface area contributed by atoms with E-state index in [0.29, 0.717) is 16.9 Å². The Bertz CT molecular complexity index is 638. The van der Waals surface area contributed by atoms with Crippen molar-refractivity contribution in [3.05, 3.63) is 53.3 Å². The maximum absolute atomic E-state index is 12.4. The van der Waals surface area contributed by atoms with Crippen molar-refractivity contribution in [2.75, 3.05) is 19.0 Å². The second kappa shape index (κ2) is 4.72. The number of ether oxygens (including phenoxy) is 1. The smallest absolute Gasteiger partial charge is 0.194 e. The van der Waals surface area contributed by atoms with Gasteiger partial charge in [-0.05, 0) is 24.1 Å². The molecule has 4 nitrogen and oxygen atoms in total. The number of nitrogens with zero attached hydrogens (tertiary/aromatic N) is 1. The summed E-state index contributed by atoms with van der Waals surface area (Å²) in [5.74, 6) is 0.549. The molecule has 1 aromatic carbocycles. The van der Waals surface area contributed by atoms with Crippen LogP contribution in [0, 0.1) is 0 Å². The molecule has 4 heteroatoms. The second-order valence-electron chi connectivity index (χ2n) is 4.49. The van der Waals surface area contributed by atoms with Crippen molar-refractivity contribution in [2.24, 2.45) is 0 Å². The van der Waals surface area contributed by atoms with Crippen LogP contribution in [-0.2, 0) is 6.42 Å². The molecule has 0 radical (unpaired) electrons. The van der Waals surface area contributed by atoms with Gasteiger partial charge in [0.15, 0.2) is 5.78 Å². The monoisotopic (exact) mass is 254 g/mol. The zero-order chi connectivity index (χ0) is 13.2. The summed E-state index contributed by atoms with van der Waals surface area (Å²) >= 11 is 0. The van der Waals surface area contributed by atoms with Crippen LogP contribution in [0.3, 0.4) is 0 Å². The summed E-state index contributed by atoms with van der Waals surface area (Å²) in [5, 5.41) is 3.28. The Balaban J connectivity index is 1.95. The van der Waals surface area contributed by atoms with E-state index in [4.69, 9.17) is 4.74 Å². The summed E-state index contributed by atoms with van der Waals surface area (Å²) in [4.78, 5) is 16.4. The van der Waals surface area contributed by atoms with Gasteiger partial charge in [-0.3, -0.25) is 9.78 Å². The first-order chi connectivity index (χ1) is 9.28. The van der Waals surface area contributed by atoms with E-state index in [0.717, 1.165) is 18.7 Å². The molecule has 1 N–H and O–H groups in total. The number of pyridine rings is 1. The third kappa shape index (κ3) is 2.17. The maximum Gasteiger partial charge on any atom is 0.194 e. The molecule has 2 heterocycles. The van der Waals surface area contributed by atoms with Crippen molar-refractivity contribution < 1.29 is 9.53 Å². The zero-order valence-electron chi connectivity index (χ0n) is 10.6. The Morgan fingerprint density at radius 1 is 1.26 bits per heavy atom. The highest BCUT2D eigenvalue weighted by atomic mass is 16.5. The van der Waals surface area contributed by atoms with Gasteiger partial charge in [0.2, 0.25) is 0 Å². The van der Waals surface area contributed by atoms with E-state index in [1.165, 1.54) is 5.56 Å². The van der Waals surface area contributed by atoms with E-state index in [2.05, 4.69) is 10.3 Å². The van der Waals surface area contributed by atoms with Crippen LogP contribution in [0.2, 0.25) is 0 Å². The SMILES string of the molecule is COc1cncc(C(=O)c2ccc3c(c2)NCC3)c1. The van der Waals surface area contributed by atoms with E-state index in [9.17, 15) is 4.79 Å². The lowest BCUT2D eigenvalue weighted by atomic mass is 10.0. The first kappa shape index (κ1) is 11.7. The number of carbonyl (C=O) groups is 1. The third-order valence-corrected chi connectivity index (χ3v) is 3.29. The van der Waals surface area contributed by atoms with Gasteiger partial charge >= 0.3 is 0 Å². The van der Waals surface area contributed by atoms with Crippen molar-refractivity contribution >= 4 is 11.5 Å². The van der Waals surface area contributed by atoms with Gasteiger partial charge in [0.25, 0.3) is 0 Å². The number of methoxy groups -OCH3 is 1. The topological polar surface area (TPSA) is 51.2 Å². The van der Waals surface area contributed by atoms with Gasteiger partial charge in [-0.15, -0.1) is 0 Å². The minimum atomic E-state index is -0.0390. The van der Waals surface area contributed by atoms with Crippen LogP contribution >= 0.6 is 0 Å². The lowest BCUT2D eigenvalue weighted by molar-refractivity contribution is 0.103. The van der Waals surface area contributed by atoms with Crippen LogP contribution in [-0.4, -0.2) is 24.4 Å². The summed E-state index contributed by atoms with van der Waals surface area (Å²) in [5.41, 5.74) is 3.53. The molecule has 3 rings (SSSR count). The van der Waals surface area contributed by atoms with Gasteiger partial charge in [-0.1, -0.05) is 12.1 Å². The molecule has 19 heavy (non-hydrogen) atoms. The summed E-state index contributed by atoms with van der Waals surface area (Å²) < 4.78 is 5.09. The fraction of sp³-hybridized carbons (Fsp3) is 0.200. The number of aromatic nitrogens is 1. The molecule has 0 atom stereocenters. The third-order valence-electron chi connectivity index (χ3n) is 3.29. The highest BCUT2D eigenvalue weighted by Gasteiger charge is 2.15. The Morgan fingerprint density at radius 2 is 2.16 bits per heavy atom. The first-order valence-corrected chi connectivity index (χ1v) is 6.18. The predicted molar refractivity (Wildman–Crippen MR) is 72.9 cm³/mol. The molecule has 0 aliphatic carbocycles. The highest BCUT2D eigenvalue weighted by Crippen LogP contribution is 2.24. The van der Waals surface area contributed by atoms with Gasteiger partial charge in [-0.2, -0.15) is 0 Å². The largest absolute Gasteiger partial charge is 0.495 e. The lowest BCUT2D eigenvalue weighted by Gasteiger charge is -2.05. The molecule has 0 bridgehead atoms. The minimum Gasteiger partial charge on any atom is -0.495 e. The molecule has 1 aliphatic heterocycles. The molecule has 0 unspecified atom stereocenters. The van der Waals surface area contributed by atoms with E-state index >= 15 is 0 Å². The molecule has 0 spiro atoms. The van der Waals surface area contributed by atoms with Crippen LogP contribution < -0.4 is 10.1 Å². The zero-order valence-corrected chi connectivity index (χ0v) is 10.6. The van der Waals surface area contributed by atoms with Crippen LogP contribution in [0.15, 0.2) is 36.7 Å². The summed E-state index contributed by atoms with van der Waals surface area (Å²) in [6.07, 6.45) is 4.16. The van der Waals surface area contributed by atoms with Gasteiger partial charge in [0.05, 0.1) is 13.3 Å².